The zero-order valence-corrected chi connectivity index (χ0v) is 10.6. The Kier molecular flexibility index (Phi) is 5.07. The predicted octanol–water partition coefficient (Wildman–Crippen LogP) is 2.70. The first-order valence-electron chi connectivity index (χ1n) is 6.23. The van der Waals surface area contributed by atoms with Crippen LogP contribution in [0, 0.1) is 23.7 Å². The van der Waals surface area contributed by atoms with Crippen LogP contribution >= 0.6 is 0 Å². The van der Waals surface area contributed by atoms with Gasteiger partial charge in [-0.05, 0) is 30.6 Å². The summed E-state index contributed by atoms with van der Waals surface area (Å²) in [5.74, 6) is 2.33. The molecule has 1 aliphatic rings. The van der Waals surface area contributed by atoms with Gasteiger partial charge in [-0.25, -0.2) is 0 Å². The van der Waals surface area contributed by atoms with Crippen molar-refractivity contribution in [3.8, 4) is 0 Å². The Morgan fingerprint density at radius 3 is 2.47 bits per heavy atom. The lowest BCUT2D eigenvalue weighted by molar-refractivity contribution is -0.00679. The minimum Gasteiger partial charge on any atom is -0.392 e. The standard InChI is InChI=1S/C13H26O2/c1-9-5-6-12(7-10(9)2)13(14)11(3)8-15-4/h9-14H,5-8H2,1-4H3. The van der Waals surface area contributed by atoms with E-state index in [1.165, 1.54) is 19.3 Å². The van der Waals surface area contributed by atoms with Crippen LogP contribution < -0.4 is 0 Å². The third kappa shape index (κ3) is 3.46. The van der Waals surface area contributed by atoms with E-state index in [1.807, 2.05) is 0 Å². The maximum Gasteiger partial charge on any atom is 0.0615 e. The smallest absolute Gasteiger partial charge is 0.0615 e. The summed E-state index contributed by atoms with van der Waals surface area (Å²) in [7, 11) is 1.70. The van der Waals surface area contributed by atoms with Crippen molar-refractivity contribution in [1.82, 2.24) is 0 Å². The van der Waals surface area contributed by atoms with Gasteiger partial charge >= 0.3 is 0 Å². The number of rotatable bonds is 4. The molecule has 5 atom stereocenters. The van der Waals surface area contributed by atoms with Gasteiger partial charge in [0, 0.05) is 13.0 Å². The van der Waals surface area contributed by atoms with Crippen LogP contribution in [0.25, 0.3) is 0 Å². The fourth-order valence-electron chi connectivity index (χ4n) is 2.73. The normalized spacial score (nSPS) is 36.2. The molecule has 0 heterocycles. The summed E-state index contributed by atoms with van der Waals surface area (Å²) >= 11 is 0. The fraction of sp³-hybridized carbons (Fsp3) is 1.00. The van der Waals surface area contributed by atoms with Gasteiger partial charge in [-0.3, -0.25) is 0 Å². The largest absolute Gasteiger partial charge is 0.392 e. The van der Waals surface area contributed by atoms with Crippen molar-refractivity contribution in [3.63, 3.8) is 0 Å². The van der Waals surface area contributed by atoms with Gasteiger partial charge in [0.2, 0.25) is 0 Å². The molecule has 0 spiro atoms. The van der Waals surface area contributed by atoms with Crippen LogP contribution in [0.5, 0.6) is 0 Å². The molecule has 1 aliphatic carbocycles. The van der Waals surface area contributed by atoms with Crippen molar-refractivity contribution < 1.29 is 9.84 Å². The third-order valence-electron chi connectivity index (χ3n) is 4.13. The van der Waals surface area contributed by atoms with Crippen LogP contribution in [-0.2, 0) is 4.74 Å². The lowest BCUT2D eigenvalue weighted by atomic mass is 9.72. The van der Waals surface area contributed by atoms with Gasteiger partial charge < -0.3 is 9.84 Å². The summed E-state index contributed by atoms with van der Waals surface area (Å²) < 4.78 is 5.10. The number of hydrogen-bond acceptors (Lipinski definition) is 2. The van der Waals surface area contributed by atoms with Crippen LogP contribution in [0.15, 0.2) is 0 Å². The molecule has 0 aromatic heterocycles. The van der Waals surface area contributed by atoms with Crippen molar-refractivity contribution in [1.29, 1.82) is 0 Å². The molecule has 0 amide bonds. The molecule has 2 nitrogen and oxygen atoms in total. The highest BCUT2D eigenvalue weighted by atomic mass is 16.5. The van der Waals surface area contributed by atoms with E-state index in [-0.39, 0.29) is 12.0 Å². The molecule has 5 unspecified atom stereocenters. The summed E-state index contributed by atoms with van der Waals surface area (Å²) in [5.41, 5.74) is 0. The SMILES string of the molecule is COCC(C)C(O)C1CCC(C)C(C)C1. The number of ether oxygens (including phenoxy) is 1. The van der Waals surface area contributed by atoms with Gasteiger partial charge in [0.1, 0.15) is 0 Å². The molecule has 0 aromatic rings. The summed E-state index contributed by atoms with van der Waals surface area (Å²) in [5, 5.41) is 10.2. The number of aliphatic hydroxyl groups excluding tert-OH is 1. The Balaban J connectivity index is 2.43. The maximum atomic E-state index is 10.2. The topological polar surface area (TPSA) is 29.5 Å². The van der Waals surface area contributed by atoms with Gasteiger partial charge in [-0.15, -0.1) is 0 Å². The summed E-state index contributed by atoms with van der Waals surface area (Å²) in [6.07, 6.45) is 3.44. The molecule has 1 rings (SSSR count). The van der Waals surface area contributed by atoms with Gasteiger partial charge in [-0.2, -0.15) is 0 Å². The molecule has 0 aromatic carbocycles. The molecule has 2 heteroatoms. The lowest BCUT2D eigenvalue weighted by Gasteiger charge is -2.36. The number of methoxy groups -OCH3 is 1. The van der Waals surface area contributed by atoms with Crippen LogP contribution in [0.3, 0.4) is 0 Å². The van der Waals surface area contributed by atoms with E-state index >= 15 is 0 Å². The average Bonchev–Trinajstić information content (AvgIpc) is 2.21. The molecule has 0 bridgehead atoms. The van der Waals surface area contributed by atoms with Crippen LogP contribution in [-0.4, -0.2) is 24.9 Å². The van der Waals surface area contributed by atoms with E-state index in [1.54, 1.807) is 7.11 Å². The zero-order chi connectivity index (χ0) is 11.4. The minimum atomic E-state index is -0.181. The van der Waals surface area contributed by atoms with E-state index in [2.05, 4.69) is 20.8 Å². The second kappa shape index (κ2) is 5.86. The summed E-state index contributed by atoms with van der Waals surface area (Å²) in [6, 6.07) is 0. The Labute approximate surface area is 94.0 Å². The molecular weight excluding hydrogens is 188 g/mol. The molecule has 0 radical (unpaired) electrons. The van der Waals surface area contributed by atoms with Crippen LogP contribution in [0.1, 0.15) is 40.0 Å². The molecule has 1 fully saturated rings. The van der Waals surface area contributed by atoms with E-state index < -0.39 is 0 Å². The predicted molar refractivity (Wildman–Crippen MR) is 62.7 cm³/mol. The molecule has 15 heavy (non-hydrogen) atoms. The van der Waals surface area contributed by atoms with Crippen molar-refractivity contribution >= 4 is 0 Å². The van der Waals surface area contributed by atoms with Crippen molar-refractivity contribution in [2.75, 3.05) is 13.7 Å². The van der Waals surface area contributed by atoms with Crippen molar-refractivity contribution in [2.24, 2.45) is 23.7 Å². The molecule has 0 saturated heterocycles. The summed E-state index contributed by atoms with van der Waals surface area (Å²) in [4.78, 5) is 0. The highest BCUT2D eigenvalue weighted by Gasteiger charge is 2.31. The Hall–Kier alpha value is -0.0800. The minimum absolute atomic E-state index is 0.181. The maximum absolute atomic E-state index is 10.2. The molecule has 90 valence electrons. The summed E-state index contributed by atoms with van der Waals surface area (Å²) in [6.45, 7) is 7.38. The Bertz CT molecular complexity index is 181. The second-order valence-corrected chi connectivity index (χ2v) is 5.45. The van der Waals surface area contributed by atoms with Crippen LogP contribution in [0.2, 0.25) is 0 Å². The van der Waals surface area contributed by atoms with E-state index in [0.29, 0.717) is 12.5 Å². The highest BCUT2D eigenvalue weighted by Crippen LogP contribution is 2.36. The Morgan fingerprint density at radius 2 is 1.93 bits per heavy atom. The molecule has 0 aliphatic heterocycles. The number of aliphatic hydroxyl groups is 1. The molecular formula is C13H26O2. The average molecular weight is 214 g/mol. The van der Waals surface area contributed by atoms with Gasteiger partial charge in [0.05, 0.1) is 12.7 Å². The Morgan fingerprint density at radius 1 is 1.27 bits per heavy atom. The highest BCUT2D eigenvalue weighted by molar-refractivity contribution is 4.82. The van der Waals surface area contributed by atoms with Crippen LogP contribution in [0.4, 0.5) is 0 Å². The van der Waals surface area contributed by atoms with Gasteiger partial charge in [-0.1, -0.05) is 27.2 Å². The fourth-order valence-corrected chi connectivity index (χ4v) is 2.73. The van der Waals surface area contributed by atoms with E-state index in [4.69, 9.17) is 4.74 Å². The zero-order valence-electron chi connectivity index (χ0n) is 10.6. The van der Waals surface area contributed by atoms with Crippen molar-refractivity contribution in [3.05, 3.63) is 0 Å². The molecule has 1 N–H and O–H groups in total. The monoisotopic (exact) mass is 214 g/mol. The van der Waals surface area contributed by atoms with Crippen molar-refractivity contribution in [2.45, 2.75) is 46.1 Å². The van der Waals surface area contributed by atoms with E-state index in [9.17, 15) is 5.11 Å². The lowest BCUT2D eigenvalue weighted by Crippen LogP contribution is -2.35. The van der Waals surface area contributed by atoms with E-state index in [0.717, 1.165) is 11.8 Å². The van der Waals surface area contributed by atoms with Gasteiger partial charge in [0.15, 0.2) is 0 Å². The second-order valence-electron chi connectivity index (χ2n) is 5.45. The van der Waals surface area contributed by atoms with Gasteiger partial charge in [0.25, 0.3) is 0 Å². The first-order valence-corrected chi connectivity index (χ1v) is 6.23. The third-order valence-corrected chi connectivity index (χ3v) is 4.13. The number of hydrogen-bond donors (Lipinski definition) is 1. The molecule has 1 saturated carbocycles. The quantitative estimate of drug-likeness (QED) is 0.779. The first kappa shape index (κ1) is 13.0. The first-order chi connectivity index (χ1) is 7.06.